The minimum atomic E-state index is -0.833. The average Bonchev–Trinajstić information content (AvgIpc) is 2.19. The van der Waals surface area contributed by atoms with Gasteiger partial charge in [0.2, 0.25) is 0 Å². The molecule has 0 aliphatic heterocycles. The second-order valence-electron chi connectivity index (χ2n) is 3.06. The third-order valence-electron chi connectivity index (χ3n) is 1.78. The number of fused-ring (bicyclic) bond motifs is 1. The number of primary amides is 2. The van der Waals surface area contributed by atoms with Gasteiger partial charge in [0.15, 0.2) is 0 Å². The third-order valence-corrected chi connectivity index (χ3v) is 1.78. The van der Waals surface area contributed by atoms with E-state index in [4.69, 9.17) is 16.3 Å². The maximum Gasteiger partial charge on any atom is 0.309 e. The third kappa shape index (κ3) is 3.02. The van der Waals surface area contributed by atoms with Gasteiger partial charge in [-0.1, -0.05) is 18.2 Å². The smallest absolute Gasteiger partial charge is 0.309 e. The van der Waals surface area contributed by atoms with E-state index in [9.17, 15) is 0 Å². The van der Waals surface area contributed by atoms with Crippen molar-refractivity contribution in [2.75, 3.05) is 11.5 Å². The van der Waals surface area contributed by atoms with Gasteiger partial charge in [-0.3, -0.25) is 0 Å². The zero-order chi connectivity index (χ0) is 12.1. The highest BCUT2D eigenvalue weighted by molar-refractivity contribution is 5.85. The molecule has 84 valence electrons. The van der Waals surface area contributed by atoms with E-state index in [0.717, 1.165) is 10.9 Å². The molecular weight excluding hydrogens is 206 g/mol. The van der Waals surface area contributed by atoms with Crippen LogP contribution in [-0.4, -0.2) is 11.0 Å². The molecule has 2 aromatic rings. The summed E-state index contributed by atoms with van der Waals surface area (Å²) in [5, 5.41) is 1.02. The first kappa shape index (κ1) is 11.6. The van der Waals surface area contributed by atoms with Gasteiger partial charge >= 0.3 is 6.03 Å². The molecule has 16 heavy (non-hydrogen) atoms. The Morgan fingerprint density at radius 2 is 1.69 bits per heavy atom. The lowest BCUT2D eigenvalue weighted by atomic mass is 10.2. The van der Waals surface area contributed by atoms with Crippen molar-refractivity contribution in [3.63, 3.8) is 0 Å². The molecule has 2 rings (SSSR count). The number of carbonyl (C=O) groups is 1. The largest absolute Gasteiger partial charge is 0.396 e. The number of amides is 2. The van der Waals surface area contributed by atoms with E-state index in [1.54, 1.807) is 0 Å². The number of nitrogen functional groups attached to an aromatic ring is 2. The van der Waals surface area contributed by atoms with Crippen molar-refractivity contribution in [2.45, 2.75) is 0 Å². The van der Waals surface area contributed by atoms with Crippen LogP contribution in [0.5, 0.6) is 0 Å². The summed E-state index contributed by atoms with van der Waals surface area (Å²) in [7, 11) is 0. The maximum atomic E-state index is 9.00. The number of pyridine rings is 1. The van der Waals surface area contributed by atoms with Crippen LogP contribution < -0.4 is 22.9 Å². The van der Waals surface area contributed by atoms with Crippen molar-refractivity contribution in [1.82, 2.24) is 4.98 Å². The first-order valence-corrected chi connectivity index (χ1v) is 4.46. The lowest BCUT2D eigenvalue weighted by Gasteiger charge is -2.01. The molecule has 0 aliphatic rings. The summed E-state index contributed by atoms with van der Waals surface area (Å²) in [5.41, 5.74) is 21.1. The predicted octanol–water partition coefficient (Wildman–Crippen LogP) is 0.423. The normalized spacial score (nSPS) is 9.25. The van der Waals surface area contributed by atoms with Crippen LogP contribution in [0.2, 0.25) is 0 Å². The highest BCUT2D eigenvalue weighted by atomic mass is 16.2. The van der Waals surface area contributed by atoms with E-state index in [1.165, 1.54) is 0 Å². The Labute approximate surface area is 92.2 Å². The number of anilines is 2. The molecule has 1 aromatic carbocycles. The molecule has 0 spiro atoms. The van der Waals surface area contributed by atoms with Crippen LogP contribution in [0.3, 0.4) is 0 Å². The Morgan fingerprint density at radius 1 is 1.12 bits per heavy atom. The van der Waals surface area contributed by atoms with Crippen LogP contribution in [0.15, 0.2) is 30.3 Å². The fourth-order valence-corrected chi connectivity index (χ4v) is 1.15. The van der Waals surface area contributed by atoms with E-state index in [1.807, 2.05) is 30.3 Å². The van der Waals surface area contributed by atoms with Crippen LogP contribution in [-0.2, 0) is 0 Å². The summed E-state index contributed by atoms with van der Waals surface area (Å²) in [6, 6.07) is 8.73. The van der Waals surface area contributed by atoms with Crippen molar-refractivity contribution in [3.05, 3.63) is 30.3 Å². The van der Waals surface area contributed by atoms with E-state index in [0.29, 0.717) is 11.5 Å². The van der Waals surface area contributed by atoms with Gasteiger partial charge in [-0.2, -0.15) is 0 Å². The van der Waals surface area contributed by atoms with Crippen molar-refractivity contribution < 1.29 is 4.79 Å². The number of hydrogen-bond acceptors (Lipinski definition) is 4. The Kier molecular flexibility index (Phi) is 3.49. The average molecular weight is 219 g/mol. The number of benzene rings is 1. The molecule has 0 bridgehead atoms. The minimum Gasteiger partial charge on any atom is -0.396 e. The van der Waals surface area contributed by atoms with Crippen LogP contribution in [0.25, 0.3) is 10.9 Å². The number of rotatable bonds is 0. The molecule has 6 heteroatoms. The number of aromatic nitrogens is 1. The number of nitrogens with zero attached hydrogens (tertiary/aromatic N) is 1. The molecule has 1 aromatic heterocycles. The fraction of sp³-hybridized carbons (Fsp3) is 0. The second-order valence-corrected chi connectivity index (χ2v) is 3.06. The Morgan fingerprint density at radius 3 is 2.31 bits per heavy atom. The molecule has 0 unspecified atom stereocenters. The molecule has 2 amide bonds. The van der Waals surface area contributed by atoms with Gasteiger partial charge in [0.1, 0.15) is 5.82 Å². The monoisotopic (exact) mass is 219 g/mol. The molecule has 1 heterocycles. The Hall–Kier alpha value is -2.50. The standard InChI is InChI=1S/C9H9N3.CH4N2O/c10-7-5-6-3-1-2-4-8(6)12-9(7)11;2-1(3)4/h1-5H,10H2,(H2,11,12);(H4,2,3,4). The summed E-state index contributed by atoms with van der Waals surface area (Å²) < 4.78 is 0. The van der Waals surface area contributed by atoms with Gasteiger partial charge in [-0.15, -0.1) is 0 Å². The molecule has 0 saturated heterocycles. The zero-order valence-electron chi connectivity index (χ0n) is 8.55. The SMILES string of the molecule is NC(N)=O.Nc1cc2ccccc2nc1N. The summed E-state index contributed by atoms with van der Waals surface area (Å²) in [5.74, 6) is 0.397. The first-order chi connectivity index (χ1) is 7.50. The highest BCUT2D eigenvalue weighted by Gasteiger charge is 1.98. The maximum absolute atomic E-state index is 9.00. The second kappa shape index (κ2) is 4.83. The van der Waals surface area contributed by atoms with Crippen LogP contribution in [0.4, 0.5) is 16.3 Å². The lowest BCUT2D eigenvalue weighted by molar-refractivity contribution is 0.256. The van der Waals surface area contributed by atoms with Crippen LogP contribution in [0, 0.1) is 0 Å². The summed E-state index contributed by atoms with van der Waals surface area (Å²) in [4.78, 5) is 13.1. The summed E-state index contributed by atoms with van der Waals surface area (Å²) >= 11 is 0. The number of urea groups is 1. The van der Waals surface area contributed by atoms with Gasteiger partial charge in [0.25, 0.3) is 0 Å². The van der Waals surface area contributed by atoms with Crippen molar-refractivity contribution >= 4 is 28.4 Å². The molecule has 0 fully saturated rings. The fourth-order valence-electron chi connectivity index (χ4n) is 1.15. The van der Waals surface area contributed by atoms with Gasteiger partial charge in [0, 0.05) is 5.39 Å². The van der Waals surface area contributed by atoms with Crippen molar-refractivity contribution in [1.29, 1.82) is 0 Å². The molecular formula is C10H13N5O. The molecule has 8 N–H and O–H groups in total. The number of para-hydroxylation sites is 1. The molecule has 0 atom stereocenters. The van der Waals surface area contributed by atoms with Gasteiger partial charge < -0.3 is 22.9 Å². The zero-order valence-corrected chi connectivity index (χ0v) is 8.55. The quantitative estimate of drug-likeness (QED) is 0.510. The van der Waals surface area contributed by atoms with Crippen LogP contribution >= 0.6 is 0 Å². The van der Waals surface area contributed by atoms with E-state index >= 15 is 0 Å². The number of nitrogens with two attached hydrogens (primary N) is 4. The Bertz CT molecular complexity index is 467. The molecule has 0 radical (unpaired) electrons. The van der Waals surface area contributed by atoms with E-state index in [2.05, 4.69) is 16.5 Å². The van der Waals surface area contributed by atoms with Gasteiger partial charge in [0.05, 0.1) is 11.2 Å². The van der Waals surface area contributed by atoms with Crippen molar-refractivity contribution in [2.24, 2.45) is 11.5 Å². The van der Waals surface area contributed by atoms with Gasteiger partial charge in [-0.05, 0) is 12.1 Å². The molecule has 0 aliphatic carbocycles. The van der Waals surface area contributed by atoms with Crippen molar-refractivity contribution in [3.8, 4) is 0 Å². The molecule has 6 nitrogen and oxygen atoms in total. The number of hydrogen-bond donors (Lipinski definition) is 4. The summed E-state index contributed by atoms with van der Waals surface area (Å²) in [6.45, 7) is 0. The molecule has 0 saturated carbocycles. The topological polar surface area (TPSA) is 134 Å². The summed E-state index contributed by atoms with van der Waals surface area (Å²) in [6.07, 6.45) is 0. The highest BCUT2D eigenvalue weighted by Crippen LogP contribution is 2.18. The lowest BCUT2D eigenvalue weighted by Crippen LogP contribution is -2.18. The van der Waals surface area contributed by atoms with E-state index < -0.39 is 6.03 Å². The Balaban J connectivity index is 0.000000280. The predicted molar refractivity (Wildman–Crippen MR) is 64.3 cm³/mol. The number of carbonyl (C=O) groups excluding carboxylic acids is 1. The van der Waals surface area contributed by atoms with Gasteiger partial charge in [-0.25, -0.2) is 9.78 Å². The van der Waals surface area contributed by atoms with E-state index in [-0.39, 0.29) is 0 Å². The van der Waals surface area contributed by atoms with Crippen LogP contribution in [0.1, 0.15) is 0 Å². The minimum absolute atomic E-state index is 0.397. The first-order valence-electron chi connectivity index (χ1n) is 4.46.